The van der Waals surface area contributed by atoms with Gasteiger partial charge in [-0.1, -0.05) is 30.0 Å². The standard InChI is InChI=1S/C28H24BrN3O3/c1-30-27(34)20-11-8-18(9-12-20)6-7-19-10-13-25(29)24(14-19)28(35)32-22(17-33)15-21-16-31-26-5-3-2-4-23(21)26/h2-5,8-14,16,22,31,33H,15,17H2,1H3,(H,30,34)(H,32,35)/t22-/m1/s1. The van der Waals surface area contributed by atoms with Crippen LogP contribution in [0.1, 0.15) is 37.4 Å². The highest BCUT2D eigenvalue weighted by molar-refractivity contribution is 9.10. The summed E-state index contributed by atoms with van der Waals surface area (Å²) in [4.78, 5) is 27.9. The number of hydrogen-bond donors (Lipinski definition) is 4. The lowest BCUT2D eigenvalue weighted by atomic mass is 10.0. The van der Waals surface area contributed by atoms with E-state index in [4.69, 9.17) is 0 Å². The lowest BCUT2D eigenvalue weighted by Gasteiger charge is -2.17. The fourth-order valence-corrected chi connectivity index (χ4v) is 4.19. The summed E-state index contributed by atoms with van der Waals surface area (Å²) in [5, 5.41) is 16.5. The second-order valence-corrected chi connectivity index (χ2v) is 8.87. The van der Waals surface area contributed by atoms with E-state index in [1.54, 1.807) is 43.4 Å². The molecule has 0 fully saturated rings. The van der Waals surface area contributed by atoms with Gasteiger partial charge in [0.15, 0.2) is 0 Å². The molecule has 6 nitrogen and oxygen atoms in total. The molecule has 0 aliphatic heterocycles. The number of nitrogens with one attached hydrogen (secondary N) is 3. The van der Waals surface area contributed by atoms with Gasteiger partial charge in [0.1, 0.15) is 0 Å². The molecule has 4 N–H and O–H groups in total. The minimum absolute atomic E-state index is 0.154. The summed E-state index contributed by atoms with van der Waals surface area (Å²) in [7, 11) is 1.59. The van der Waals surface area contributed by atoms with Crippen LogP contribution in [0.4, 0.5) is 0 Å². The van der Waals surface area contributed by atoms with Gasteiger partial charge >= 0.3 is 0 Å². The summed E-state index contributed by atoms with van der Waals surface area (Å²) in [5.74, 6) is 5.67. The third-order valence-corrected chi connectivity index (χ3v) is 6.32. The van der Waals surface area contributed by atoms with Crippen molar-refractivity contribution in [1.29, 1.82) is 0 Å². The van der Waals surface area contributed by atoms with Crippen LogP contribution in [-0.2, 0) is 6.42 Å². The molecule has 1 atom stereocenters. The fraction of sp³-hybridized carbons (Fsp3) is 0.143. The van der Waals surface area contributed by atoms with Gasteiger partial charge in [0.25, 0.3) is 11.8 Å². The Balaban J connectivity index is 1.48. The fourth-order valence-electron chi connectivity index (χ4n) is 3.76. The third kappa shape index (κ3) is 5.80. The first-order valence-electron chi connectivity index (χ1n) is 11.1. The number of fused-ring (bicyclic) bond motifs is 1. The summed E-state index contributed by atoms with van der Waals surface area (Å²) in [6.07, 6.45) is 2.40. The van der Waals surface area contributed by atoms with Gasteiger partial charge in [-0.25, -0.2) is 0 Å². The second-order valence-electron chi connectivity index (χ2n) is 8.02. The molecule has 0 aliphatic carbocycles. The van der Waals surface area contributed by atoms with E-state index in [1.165, 1.54) is 0 Å². The molecular formula is C28H24BrN3O3. The van der Waals surface area contributed by atoms with Gasteiger partial charge in [0, 0.05) is 45.3 Å². The van der Waals surface area contributed by atoms with Gasteiger partial charge in [-0.05, 0) is 76.4 Å². The molecule has 0 saturated heterocycles. The third-order valence-electron chi connectivity index (χ3n) is 5.63. The van der Waals surface area contributed by atoms with E-state index in [0.29, 0.717) is 27.6 Å². The summed E-state index contributed by atoms with van der Waals surface area (Å²) < 4.78 is 0.638. The Labute approximate surface area is 211 Å². The van der Waals surface area contributed by atoms with Crippen LogP contribution in [0.2, 0.25) is 0 Å². The van der Waals surface area contributed by atoms with E-state index >= 15 is 0 Å². The molecule has 7 heteroatoms. The molecule has 176 valence electrons. The molecule has 1 heterocycles. The average molecular weight is 530 g/mol. The van der Waals surface area contributed by atoms with Crippen LogP contribution in [0, 0.1) is 11.8 Å². The van der Waals surface area contributed by atoms with Crippen LogP contribution < -0.4 is 10.6 Å². The molecule has 0 unspecified atom stereocenters. The SMILES string of the molecule is CNC(=O)c1ccc(C#Cc2ccc(Br)c(C(=O)N[C@@H](CO)Cc3c[nH]c4ccccc34)c2)cc1. The number of H-pyrrole nitrogens is 1. The predicted octanol–water partition coefficient (Wildman–Crippen LogP) is 4.02. The number of carbonyl (C=O) groups is 2. The number of para-hydroxylation sites is 1. The van der Waals surface area contributed by atoms with Crippen LogP contribution >= 0.6 is 15.9 Å². The molecule has 0 radical (unpaired) electrons. The highest BCUT2D eigenvalue weighted by Crippen LogP contribution is 2.21. The van der Waals surface area contributed by atoms with Crippen molar-refractivity contribution < 1.29 is 14.7 Å². The lowest BCUT2D eigenvalue weighted by molar-refractivity contribution is 0.0914. The maximum Gasteiger partial charge on any atom is 0.252 e. The zero-order valence-corrected chi connectivity index (χ0v) is 20.6. The van der Waals surface area contributed by atoms with Gasteiger partial charge in [0.2, 0.25) is 0 Å². The van der Waals surface area contributed by atoms with E-state index in [0.717, 1.165) is 22.0 Å². The summed E-state index contributed by atoms with van der Waals surface area (Å²) >= 11 is 3.45. The molecule has 0 bridgehead atoms. The first-order valence-corrected chi connectivity index (χ1v) is 11.9. The first-order chi connectivity index (χ1) is 17.0. The molecule has 0 aliphatic rings. The number of aliphatic hydroxyl groups is 1. The topological polar surface area (TPSA) is 94.2 Å². The normalized spacial score (nSPS) is 11.4. The van der Waals surface area contributed by atoms with E-state index in [-0.39, 0.29) is 18.4 Å². The Morgan fingerprint density at radius 3 is 2.46 bits per heavy atom. The number of hydrogen-bond acceptors (Lipinski definition) is 3. The number of halogens is 1. The number of amides is 2. The molecule has 1 aromatic heterocycles. The Morgan fingerprint density at radius 1 is 1.00 bits per heavy atom. The van der Waals surface area contributed by atoms with Crippen LogP contribution in [-0.4, -0.2) is 41.6 Å². The number of carbonyl (C=O) groups excluding carboxylic acids is 2. The predicted molar refractivity (Wildman–Crippen MR) is 140 cm³/mol. The Kier molecular flexibility index (Phi) is 7.66. The molecule has 0 saturated carbocycles. The summed E-state index contributed by atoms with van der Waals surface area (Å²) in [6.45, 7) is -0.186. The van der Waals surface area contributed by atoms with Crippen molar-refractivity contribution in [3.8, 4) is 11.8 Å². The number of aromatic amines is 1. The van der Waals surface area contributed by atoms with Crippen molar-refractivity contribution in [3.63, 3.8) is 0 Å². The van der Waals surface area contributed by atoms with E-state index < -0.39 is 6.04 Å². The van der Waals surface area contributed by atoms with Crippen molar-refractivity contribution in [3.05, 3.63) is 105 Å². The Bertz CT molecular complexity index is 1430. The minimum Gasteiger partial charge on any atom is -0.394 e. The maximum atomic E-state index is 13.0. The maximum absolute atomic E-state index is 13.0. The van der Waals surface area contributed by atoms with Crippen molar-refractivity contribution in [2.24, 2.45) is 0 Å². The minimum atomic E-state index is -0.442. The zero-order chi connectivity index (χ0) is 24.8. The zero-order valence-electron chi connectivity index (χ0n) is 19.1. The molecule has 0 spiro atoms. The van der Waals surface area contributed by atoms with Crippen LogP contribution in [0.5, 0.6) is 0 Å². The van der Waals surface area contributed by atoms with E-state index in [9.17, 15) is 14.7 Å². The number of benzene rings is 3. The number of rotatable bonds is 6. The van der Waals surface area contributed by atoms with Crippen molar-refractivity contribution in [2.45, 2.75) is 12.5 Å². The molecular weight excluding hydrogens is 506 g/mol. The molecule has 35 heavy (non-hydrogen) atoms. The molecule has 4 rings (SSSR count). The number of aliphatic hydroxyl groups excluding tert-OH is 1. The largest absolute Gasteiger partial charge is 0.394 e. The molecule has 4 aromatic rings. The van der Waals surface area contributed by atoms with Crippen LogP contribution in [0.25, 0.3) is 10.9 Å². The molecule has 3 aromatic carbocycles. The Morgan fingerprint density at radius 2 is 1.71 bits per heavy atom. The lowest BCUT2D eigenvalue weighted by Crippen LogP contribution is -2.39. The first kappa shape index (κ1) is 24.3. The Hall–Kier alpha value is -3.86. The summed E-state index contributed by atoms with van der Waals surface area (Å²) in [6, 6.07) is 19.8. The monoisotopic (exact) mass is 529 g/mol. The van der Waals surface area contributed by atoms with Crippen LogP contribution in [0.15, 0.2) is 77.4 Å². The van der Waals surface area contributed by atoms with Gasteiger partial charge in [-0.2, -0.15) is 0 Å². The quantitative estimate of drug-likeness (QED) is 0.284. The average Bonchev–Trinajstić information content (AvgIpc) is 3.30. The van der Waals surface area contributed by atoms with Crippen LogP contribution in [0.3, 0.4) is 0 Å². The van der Waals surface area contributed by atoms with Crippen molar-refractivity contribution in [1.82, 2.24) is 15.6 Å². The van der Waals surface area contributed by atoms with E-state index in [1.807, 2.05) is 36.5 Å². The highest BCUT2D eigenvalue weighted by Gasteiger charge is 2.17. The highest BCUT2D eigenvalue weighted by atomic mass is 79.9. The van der Waals surface area contributed by atoms with Gasteiger partial charge in [-0.3, -0.25) is 9.59 Å². The molecule has 2 amide bonds. The smallest absolute Gasteiger partial charge is 0.252 e. The van der Waals surface area contributed by atoms with Gasteiger partial charge < -0.3 is 20.7 Å². The van der Waals surface area contributed by atoms with Gasteiger partial charge in [-0.15, -0.1) is 0 Å². The van der Waals surface area contributed by atoms with Gasteiger partial charge in [0.05, 0.1) is 18.2 Å². The van der Waals surface area contributed by atoms with Crippen molar-refractivity contribution in [2.75, 3.05) is 13.7 Å². The van der Waals surface area contributed by atoms with Crippen molar-refractivity contribution >= 4 is 38.6 Å². The second kappa shape index (κ2) is 11.0. The summed E-state index contributed by atoms with van der Waals surface area (Å²) in [5.41, 5.74) is 4.47. The number of aromatic nitrogens is 1. The van der Waals surface area contributed by atoms with E-state index in [2.05, 4.69) is 43.4 Å².